The molecule has 3 N–H and O–H groups in total. The summed E-state index contributed by atoms with van der Waals surface area (Å²) < 4.78 is 1.11. The predicted octanol–water partition coefficient (Wildman–Crippen LogP) is 4.63. The summed E-state index contributed by atoms with van der Waals surface area (Å²) in [6, 6.07) is 16.1. The van der Waals surface area contributed by atoms with Crippen LogP contribution in [0.2, 0.25) is 0 Å². The van der Waals surface area contributed by atoms with E-state index in [4.69, 9.17) is 5.73 Å². The van der Waals surface area contributed by atoms with Crippen LogP contribution >= 0.6 is 11.3 Å². The Kier molecular flexibility index (Phi) is 3.65. The van der Waals surface area contributed by atoms with Crippen molar-refractivity contribution in [1.82, 2.24) is 19.9 Å². The molecular weight excluding hydrogens is 356 g/mol. The molecule has 0 bridgehead atoms. The highest BCUT2D eigenvalue weighted by molar-refractivity contribution is 7.16. The van der Waals surface area contributed by atoms with Gasteiger partial charge in [0.15, 0.2) is 0 Å². The van der Waals surface area contributed by atoms with Crippen LogP contribution in [0.15, 0.2) is 66.4 Å². The van der Waals surface area contributed by atoms with E-state index in [0.717, 1.165) is 37.9 Å². The highest BCUT2D eigenvalue weighted by atomic mass is 32.1. The van der Waals surface area contributed by atoms with Crippen molar-refractivity contribution in [3.05, 3.63) is 66.4 Å². The molecule has 0 aliphatic rings. The van der Waals surface area contributed by atoms with Gasteiger partial charge in [-0.2, -0.15) is 4.98 Å². The third kappa shape index (κ3) is 2.94. The number of hydrogen-bond acceptors (Lipinski definition) is 7. The smallest absolute Gasteiger partial charge is 0.221 e. The number of benzene rings is 2. The molecule has 5 rings (SSSR count). The van der Waals surface area contributed by atoms with Crippen LogP contribution < -0.4 is 11.1 Å². The minimum atomic E-state index is 0.217. The highest BCUT2D eigenvalue weighted by Gasteiger charge is 2.11. The Balaban J connectivity index is 1.59. The lowest BCUT2D eigenvalue weighted by Crippen LogP contribution is -2.02. The van der Waals surface area contributed by atoms with Crippen LogP contribution in [0.25, 0.3) is 32.2 Å². The zero-order valence-corrected chi connectivity index (χ0v) is 14.9. The molecule has 0 aliphatic carbocycles. The second-order valence-corrected chi connectivity index (χ2v) is 6.95. The molecule has 0 amide bonds. The van der Waals surface area contributed by atoms with Crippen LogP contribution in [0, 0.1) is 0 Å². The van der Waals surface area contributed by atoms with Crippen molar-refractivity contribution in [2.45, 2.75) is 0 Å². The Bertz CT molecular complexity index is 1280. The third-order valence-electron chi connectivity index (χ3n) is 4.30. The Labute approximate surface area is 158 Å². The molecule has 0 fully saturated rings. The van der Waals surface area contributed by atoms with Gasteiger partial charge < -0.3 is 11.1 Å². The van der Waals surface area contributed by atoms with Crippen LogP contribution in [0.3, 0.4) is 0 Å². The molecular formula is C20H14N6S. The van der Waals surface area contributed by atoms with Gasteiger partial charge in [0, 0.05) is 17.1 Å². The number of para-hydroxylation sites is 1. The standard InChI is InChI=1S/C20H14N6S/c21-20-23-10-15(12-5-6-17-18(8-12)27-11-24-17)19(26-20)25-14-7-13-3-1-2-4-16(13)22-9-14/h1-11H,(H3,21,23,25,26). The van der Waals surface area contributed by atoms with E-state index in [1.54, 1.807) is 23.7 Å². The average molecular weight is 370 g/mol. The lowest BCUT2D eigenvalue weighted by molar-refractivity contribution is 1.18. The van der Waals surface area contributed by atoms with Crippen molar-refractivity contribution in [2.75, 3.05) is 11.1 Å². The normalized spacial score (nSPS) is 11.1. The molecule has 0 atom stereocenters. The molecule has 3 aromatic heterocycles. The lowest BCUT2D eigenvalue weighted by Gasteiger charge is -2.12. The lowest BCUT2D eigenvalue weighted by atomic mass is 10.1. The van der Waals surface area contributed by atoms with E-state index in [-0.39, 0.29) is 5.95 Å². The first kappa shape index (κ1) is 15.7. The molecule has 2 aromatic carbocycles. The van der Waals surface area contributed by atoms with Crippen molar-refractivity contribution in [3.8, 4) is 11.1 Å². The number of aromatic nitrogens is 4. The molecule has 0 spiro atoms. The zero-order chi connectivity index (χ0) is 18.2. The van der Waals surface area contributed by atoms with E-state index in [1.165, 1.54) is 0 Å². The van der Waals surface area contributed by atoms with Crippen molar-refractivity contribution in [1.29, 1.82) is 0 Å². The SMILES string of the molecule is Nc1ncc(-c2ccc3ncsc3c2)c(Nc2cnc3ccccc3c2)n1. The average Bonchev–Trinajstić information content (AvgIpc) is 3.16. The van der Waals surface area contributed by atoms with E-state index >= 15 is 0 Å². The summed E-state index contributed by atoms with van der Waals surface area (Å²) >= 11 is 1.60. The molecule has 0 aliphatic heterocycles. The number of fused-ring (bicyclic) bond motifs is 2. The first-order valence-electron chi connectivity index (χ1n) is 8.34. The van der Waals surface area contributed by atoms with Gasteiger partial charge >= 0.3 is 0 Å². The summed E-state index contributed by atoms with van der Waals surface area (Å²) in [6.07, 6.45) is 3.53. The van der Waals surface area contributed by atoms with Gasteiger partial charge in [0.1, 0.15) is 5.82 Å². The fraction of sp³-hybridized carbons (Fsp3) is 0. The first-order valence-corrected chi connectivity index (χ1v) is 9.22. The quantitative estimate of drug-likeness (QED) is 0.481. The maximum absolute atomic E-state index is 5.84. The van der Waals surface area contributed by atoms with Gasteiger partial charge in [-0.3, -0.25) is 4.98 Å². The Morgan fingerprint density at radius 3 is 2.78 bits per heavy atom. The number of nitrogen functional groups attached to an aromatic ring is 1. The molecule has 6 nitrogen and oxygen atoms in total. The number of pyridine rings is 1. The van der Waals surface area contributed by atoms with E-state index in [9.17, 15) is 0 Å². The van der Waals surface area contributed by atoms with E-state index in [2.05, 4.69) is 31.3 Å². The van der Waals surface area contributed by atoms with Gasteiger partial charge in [-0.1, -0.05) is 24.3 Å². The van der Waals surface area contributed by atoms with E-state index < -0.39 is 0 Å². The fourth-order valence-corrected chi connectivity index (χ4v) is 3.72. The van der Waals surface area contributed by atoms with Crippen LogP contribution in [-0.4, -0.2) is 19.9 Å². The van der Waals surface area contributed by atoms with Crippen molar-refractivity contribution in [2.24, 2.45) is 0 Å². The Hall–Kier alpha value is -3.58. The number of anilines is 3. The van der Waals surface area contributed by atoms with E-state index in [0.29, 0.717) is 5.82 Å². The van der Waals surface area contributed by atoms with Gasteiger partial charge in [-0.25, -0.2) is 9.97 Å². The minimum Gasteiger partial charge on any atom is -0.368 e. The van der Waals surface area contributed by atoms with Crippen LogP contribution in [0.5, 0.6) is 0 Å². The first-order chi connectivity index (χ1) is 13.3. The van der Waals surface area contributed by atoms with Gasteiger partial charge in [0.05, 0.1) is 33.1 Å². The summed E-state index contributed by atoms with van der Waals surface area (Å²) in [5.41, 5.74) is 12.3. The Morgan fingerprint density at radius 1 is 0.889 bits per heavy atom. The highest BCUT2D eigenvalue weighted by Crippen LogP contribution is 2.32. The van der Waals surface area contributed by atoms with Gasteiger partial charge in [-0.15, -0.1) is 11.3 Å². The van der Waals surface area contributed by atoms with Crippen molar-refractivity contribution in [3.63, 3.8) is 0 Å². The molecule has 7 heteroatoms. The second-order valence-electron chi connectivity index (χ2n) is 6.07. The van der Waals surface area contributed by atoms with Crippen molar-refractivity contribution >= 4 is 49.9 Å². The van der Waals surface area contributed by atoms with Crippen LogP contribution in [0.4, 0.5) is 17.5 Å². The number of nitrogens with one attached hydrogen (secondary N) is 1. The summed E-state index contributed by atoms with van der Waals surface area (Å²) in [4.78, 5) is 17.4. The maximum atomic E-state index is 5.84. The Morgan fingerprint density at radius 2 is 1.81 bits per heavy atom. The predicted molar refractivity (Wildman–Crippen MR) is 110 cm³/mol. The molecule has 3 heterocycles. The number of rotatable bonds is 3. The number of thiazole rings is 1. The topological polar surface area (TPSA) is 89.6 Å². The molecule has 0 unspecified atom stereocenters. The number of hydrogen-bond donors (Lipinski definition) is 2. The molecule has 0 radical (unpaired) electrons. The second kappa shape index (κ2) is 6.30. The van der Waals surface area contributed by atoms with Gasteiger partial charge in [0.2, 0.25) is 5.95 Å². The summed E-state index contributed by atoms with van der Waals surface area (Å²) in [5, 5.41) is 4.39. The van der Waals surface area contributed by atoms with Crippen molar-refractivity contribution < 1.29 is 0 Å². The third-order valence-corrected chi connectivity index (χ3v) is 5.09. The van der Waals surface area contributed by atoms with Crippen LogP contribution in [0.1, 0.15) is 0 Å². The van der Waals surface area contributed by atoms with Crippen LogP contribution in [-0.2, 0) is 0 Å². The van der Waals surface area contributed by atoms with E-state index in [1.807, 2.05) is 48.0 Å². The number of nitrogens with zero attached hydrogens (tertiary/aromatic N) is 4. The molecule has 130 valence electrons. The van der Waals surface area contributed by atoms with Gasteiger partial charge in [-0.05, 0) is 29.8 Å². The summed E-state index contributed by atoms with van der Waals surface area (Å²) in [6.45, 7) is 0. The largest absolute Gasteiger partial charge is 0.368 e. The molecule has 5 aromatic rings. The molecule has 0 saturated heterocycles. The minimum absolute atomic E-state index is 0.217. The maximum Gasteiger partial charge on any atom is 0.221 e. The summed E-state index contributed by atoms with van der Waals surface area (Å²) in [7, 11) is 0. The zero-order valence-electron chi connectivity index (χ0n) is 14.1. The monoisotopic (exact) mass is 370 g/mol. The van der Waals surface area contributed by atoms with Gasteiger partial charge in [0.25, 0.3) is 0 Å². The number of nitrogens with two attached hydrogens (primary N) is 1. The molecule has 0 saturated carbocycles. The fourth-order valence-electron chi connectivity index (χ4n) is 3.00. The molecule has 27 heavy (non-hydrogen) atoms. The summed E-state index contributed by atoms with van der Waals surface area (Å²) in [5.74, 6) is 0.859.